The van der Waals surface area contributed by atoms with Gasteiger partial charge in [0.1, 0.15) is 5.75 Å². The molecule has 3 aromatic carbocycles. The van der Waals surface area contributed by atoms with Gasteiger partial charge in [-0.3, -0.25) is 9.59 Å². The Balaban J connectivity index is 1.53. The summed E-state index contributed by atoms with van der Waals surface area (Å²) >= 11 is 0. The maximum atomic E-state index is 13.0. The number of nitrogens with one attached hydrogen (secondary N) is 2. The fraction of sp³-hybridized carbons (Fsp3) is 0.115. The van der Waals surface area contributed by atoms with Crippen LogP contribution in [0.4, 0.5) is 5.69 Å². The van der Waals surface area contributed by atoms with Gasteiger partial charge in [0.2, 0.25) is 0 Å². The number of benzene rings is 3. The first-order valence-electron chi connectivity index (χ1n) is 10.4. The molecule has 0 unspecified atom stereocenters. The summed E-state index contributed by atoms with van der Waals surface area (Å²) in [5, 5.41) is 5.72. The predicted molar refractivity (Wildman–Crippen MR) is 125 cm³/mol. The number of anilines is 1. The van der Waals surface area contributed by atoms with Gasteiger partial charge >= 0.3 is 0 Å². The summed E-state index contributed by atoms with van der Waals surface area (Å²) in [6.45, 7) is 2.29. The summed E-state index contributed by atoms with van der Waals surface area (Å²) in [4.78, 5) is 29.9. The van der Waals surface area contributed by atoms with E-state index in [1.807, 2.05) is 55.5 Å². The molecule has 0 radical (unpaired) electrons. The van der Waals surface area contributed by atoms with Crippen molar-refractivity contribution in [3.63, 3.8) is 0 Å². The van der Waals surface area contributed by atoms with E-state index in [0.717, 1.165) is 16.9 Å². The second-order valence-electron chi connectivity index (χ2n) is 7.43. The molecular formula is C26H23N3O4. The van der Waals surface area contributed by atoms with E-state index in [-0.39, 0.29) is 17.4 Å². The summed E-state index contributed by atoms with van der Waals surface area (Å²) < 4.78 is 10.7. The third kappa shape index (κ3) is 5.10. The lowest BCUT2D eigenvalue weighted by Crippen LogP contribution is -2.24. The Morgan fingerprint density at radius 2 is 1.67 bits per heavy atom. The lowest BCUT2D eigenvalue weighted by Gasteiger charge is -2.10. The van der Waals surface area contributed by atoms with E-state index in [0.29, 0.717) is 23.4 Å². The van der Waals surface area contributed by atoms with Crippen molar-refractivity contribution < 1.29 is 18.7 Å². The Morgan fingerprint density at radius 1 is 0.939 bits per heavy atom. The summed E-state index contributed by atoms with van der Waals surface area (Å²) in [6, 6.07) is 21.8. The van der Waals surface area contributed by atoms with Crippen molar-refractivity contribution in [2.45, 2.75) is 13.5 Å². The third-order valence-corrected chi connectivity index (χ3v) is 5.12. The van der Waals surface area contributed by atoms with Gasteiger partial charge in [-0.1, -0.05) is 48.0 Å². The average Bonchev–Trinajstić information content (AvgIpc) is 3.34. The lowest BCUT2D eigenvalue weighted by molar-refractivity contribution is 0.0945. The van der Waals surface area contributed by atoms with E-state index in [2.05, 4.69) is 15.6 Å². The molecule has 0 aliphatic rings. The number of carbonyl (C=O) groups excluding carboxylic acids is 2. The molecule has 4 rings (SSSR count). The van der Waals surface area contributed by atoms with Gasteiger partial charge in [0.05, 0.1) is 12.7 Å². The van der Waals surface area contributed by atoms with Gasteiger partial charge < -0.3 is 19.8 Å². The summed E-state index contributed by atoms with van der Waals surface area (Å²) in [5.41, 5.74) is 3.65. The zero-order valence-corrected chi connectivity index (χ0v) is 18.3. The number of oxazole rings is 1. The number of aryl methyl sites for hydroxylation is 1. The molecular weight excluding hydrogens is 418 g/mol. The summed E-state index contributed by atoms with van der Waals surface area (Å²) in [6.07, 6.45) is 1.20. The van der Waals surface area contributed by atoms with E-state index >= 15 is 0 Å². The van der Waals surface area contributed by atoms with Gasteiger partial charge in [0.15, 0.2) is 17.8 Å². The second kappa shape index (κ2) is 9.82. The highest BCUT2D eigenvalue weighted by atomic mass is 16.5. The van der Waals surface area contributed by atoms with E-state index in [9.17, 15) is 9.59 Å². The molecule has 7 heteroatoms. The molecule has 0 spiro atoms. The summed E-state index contributed by atoms with van der Waals surface area (Å²) in [7, 11) is 1.60. The number of ether oxygens (including phenoxy) is 1. The fourth-order valence-electron chi connectivity index (χ4n) is 3.32. The van der Waals surface area contributed by atoms with Crippen molar-refractivity contribution in [1.82, 2.24) is 10.3 Å². The first kappa shape index (κ1) is 21.8. The highest BCUT2D eigenvalue weighted by Gasteiger charge is 2.22. The average molecular weight is 441 g/mol. The Hall–Kier alpha value is -4.39. The number of carbonyl (C=O) groups is 2. The van der Waals surface area contributed by atoms with Crippen LogP contribution in [0, 0.1) is 6.92 Å². The molecule has 0 atom stereocenters. The maximum absolute atomic E-state index is 13.0. The van der Waals surface area contributed by atoms with Gasteiger partial charge in [-0.2, -0.15) is 0 Å². The van der Waals surface area contributed by atoms with Crippen LogP contribution in [0.15, 0.2) is 83.6 Å². The number of aromatic nitrogens is 1. The van der Waals surface area contributed by atoms with Crippen LogP contribution < -0.4 is 15.4 Å². The molecule has 33 heavy (non-hydrogen) atoms. The molecule has 2 N–H and O–H groups in total. The zero-order valence-electron chi connectivity index (χ0n) is 18.3. The minimum absolute atomic E-state index is 0.110. The Labute approximate surface area is 191 Å². The van der Waals surface area contributed by atoms with Gasteiger partial charge in [-0.25, -0.2) is 4.98 Å². The lowest BCUT2D eigenvalue weighted by atomic mass is 10.0. The number of rotatable bonds is 7. The topological polar surface area (TPSA) is 93.5 Å². The van der Waals surface area contributed by atoms with Crippen molar-refractivity contribution in [2.24, 2.45) is 0 Å². The van der Waals surface area contributed by atoms with Crippen molar-refractivity contribution in [1.29, 1.82) is 0 Å². The highest BCUT2D eigenvalue weighted by molar-refractivity contribution is 6.09. The molecule has 166 valence electrons. The number of hydrogen-bond acceptors (Lipinski definition) is 5. The van der Waals surface area contributed by atoms with Crippen LogP contribution in [-0.2, 0) is 6.54 Å². The Bertz CT molecular complexity index is 1260. The van der Waals surface area contributed by atoms with Crippen LogP contribution in [-0.4, -0.2) is 23.9 Å². The van der Waals surface area contributed by atoms with E-state index in [1.54, 1.807) is 31.4 Å². The van der Waals surface area contributed by atoms with Crippen molar-refractivity contribution >= 4 is 17.5 Å². The molecule has 0 aliphatic carbocycles. The monoisotopic (exact) mass is 441 g/mol. The molecule has 0 bridgehead atoms. The summed E-state index contributed by atoms with van der Waals surface area (Å²) in [5.74, 6) is 0.264. The molecule has 2 amide bonds. The second-order valence-corrected chi connectivity index (χ2v) is 7.43. The van der Waals surface area contributed by atoms with Gasteiger partial charge in [-0.05, 0) is 42.8 Å². The Kier molecular flexibility index (Phi) is 6.50. The molecule has 1 aromatic heterocycles. The minimum Gasteiger partial charge on any atom is -0.497 e. The molecule has 0 aliphatic heterocycles. The van der Waals surface area contributed by atoms with E-state index in [4.69, 9.17) is 9.15 Å². The van der Waals surface area contributed by atoms with Crippen LogP contribution in [0.25, 0.3) is 11.3 Å². The highest BCUT2D eigenvalue weighted by Crippen LogP contribution is 2.28. The zero-order chi connectivity index (χ0) is 23.2. The molecule has 1 heterocycles. The van der Waals surface area contributed by atoms with E-state index in [1.165, 1.54) is 6.39 Å². The van der Waals surface area contributed by atoms with Gasteiger partial charge in [0.25, 0.3) is 11.8 Å². The molecule has 4 aromatic rings. The normalized spacial score (nSPS) is 10.5. The molecule has 0 fully saturated rings. The van der Waals surface area contributed by atoms with Crippen LogP contribution in [0.5, 0.6) is 5.75 Å². The fourth-order valence-corrected chi connectivity index (χ4v) is 3.32. The van der Waals surface area contributed by atoms with Crippen molar-refractivity contribution in [3.8, 4) is 17.1 Å². The molecule has 7 nitrogen and oxygen atoms in total. The Morgan fingerprint density at radius 3 is 2.39 bits per heavy atom. The maximum Gasteiger partial charge on any atom is 0.274 e. The standard InChI is InChI=1S/C26H23N3O4/c1-17-7-11-19(12-8-17)29-25(30)22-6-4-3-5-21(22)24-23(28-16-33-24)26(31)27-15-18-9-13-20(32-2)14-10-18/h3-14,16H,15H2,1-2H3,(H,27,31)(H,29,30). The number of hydrogen-bond donors (Lipinski definition) is 2. The third-order valence-electron chi connectivity index (χ3n) is 5.12. The largest absolute Gasteiger partial charge is 0.497 e. The van der Waals surface area contributed by atoms with E-state index < -0.39 is 5.91 Å². The molecule has 0 saturated heterocycles. The number of nitrogens with zero attached hydrogens (tertiary/aromatic N) is 1. The van der Waals surface area contributed by atoms with Crippen molar-refractivity contribution in [2.75, 3.05) is 12.4 Å². The first-order valence-corrected chi connectivity index (χ1v) is 10.4. The quantitative estimate of drug-likeness (QED) is 0.428. The SMILES string of the molecule is COc1ccc(CNC(=O)c2ncoc2-c2ccccc2C(=O)Nc2ccc(C)cc2)cc1. The van der Waals surface area contributed by atoms with Gasteiger partial charge in [-0.15, -0.1) is 0 Å². The number of amides is 2. The predicted octanol–water partition coefficient (Wildman–Crippen LogP) is 4.84. The van der Waals surface area contributed by atoms with Gasteiger partial charge in [0, 0.05) is 17.8 Å². The smallest absolute Gasteiger partial charge is 0.274 e. The molecule has 0 saturated carbocycles. The van der Waals surface area contributed by atoms with Crippen LogP contribution >= 0.6 is 0 Å². The van der Waals surface area contributed by atoms with Crippen LogP contribution in [0.2, 0.25) is 0 Å². The van der Waals surface area contributed by atoms with Crippen LogP contribution in [0.1, 0.15) is 32.0 Å². The van der Waals surface area contributed by atoms with Crippen molar-refractivity contribution in [3.05, 3.63) is 102 Å². The number of methoxy groups -OCH3 is 1. The van der Waals surface area contributed by atoms with Crippen LogP contribution in [0.3, 0.4) is 0 Å². The minimum atomic E-state index is -0.400. The first-order chi connectivity index (χ1) is 16.0.